The number of methoxy groups -OCH3 is 1. The van der Waals surface area contributed by atoms with E-state index in [0.717, 1.165) is 31.6 Å². The normalized spacial score (nSPS) is 17.0. The molecule has 2 aromatic rings. The molecule has 4 nitrogen and oxygen atoms in total. The molecule has 1 aromatic carbocycles. The molecule has 0 fully saturated rings. The fraction of sp³-hybridized carbons (Fsp3) is 0.471. The van der Waals surface area contributed by atoms with Crippen molar-refractivity contribution in [2.45, 2.75) is 38.8 Å². The Morgan fingerprint density at radius 3 is 3.05 bits per heavy atom. The Hall–Kier alpha value is -1.81. The molecule has 0 radical (unpaired) electrons. The summed E-state index contributed by atoms with van der Waals surface area (Å²) in [5.74, 6) is 0.943. The zero-order chi connectivity index (χ0) is 14.8. The number of fused-ring (bicyclic) bond motifs is 1. The molecule has 1 N–H and O–H groups in total. The van der Waals surface area contributed by atoms with Gasteiger partial charge < -0.3 is 10.1 Å². The number of aryl methyl sites for hydroxylation is 3. The van der Waals surface area contributed by atoms with Gasteiger partial charge in [-0.3, -0.25) is 4.68 Å². The Labute approximate surface area is 126 Å². The van der Waals surface area contributed by atoms with Crippen LogP contribution in [0.15, 0.2) is 24.4 Å². The quantitative estimate of drug-likeness (QED) is 0.918. The molecule has 0 saturated heterocycles. The molecule has 0 bridgehead atoms. The summed E-state index contributed by atoms with van der Waals surface area (Å²) in [6, 6.07) is 6.83. The summed E-state index contributed by atoms with van der Waals surface area (Å²) in [7, 11) is 3.71. The van der Waals surface area contributed by atoms with Crippen LogP contribution in [0.5, 0.6) is 5.75 Å². The first kappa shape index (κ1) is 14.1. The smallest absolute Gasteiger partial charge is 0.119 e. The van der Waals surface area contributed by atoms with Gasteiger partial charge in [-0.15, -0.1) is 0 Å². The first-order valence-electron chi connectivity index (χ1n) is 7.63. The summed E-state index contributed by atoms with van der Waals surface area (Å²) in [5, 5.41) is 8.19. The van der Waals surface area contributed by atoms with Crippen molar-refractivity contribution >= 4 is 0 Å². The van der Waals surface area contributed by atoms with Crippen LogP contribution in [0.2, 0.25) is 0 Å². The van der Waals surface area contributed by atoms with Crippen LogP contribution < -0.4 is 10.1 Å². The average Bonchev–Trinajstić information content (AvgIpc) is 3.07. The fourth-order valence-electron chi connectivity index (χ4n) is 3.18. The first-order chi connectivity index (χ1) is 10.2. The summed E-state index contributed by atoms with van der Waals surface area (Å²) in [5.41, 5.74) is 5.32. The zero-order valence-corrected chi connectivity index (χ0v) is 13.0. The van der Waals surface area contributed by atoms with Gasteiger partial charge in [-0.1, -0.05) is 13.0 Å². The van der Waals surface area contributed by atoms with E-state index in [-0.39, 0.29) is 0 Å². The monoisotopic (exact) mass is 285 g/mol. The molecule has 0 aliphatic heterocycles. The van der Waals surface area contributed by atoms with Crippen LogP contribution in [0.3, 0.4) is 0 Å². The van der Waals surface area contributed by atoms with Gasteiger partial charge in [0.25, 0.3) is 0 Å². The van der Waals surface area contributed by atoms with Crippen molar-refractivity contribution in [1.82, 2.24) is 15.1 Å². The average molecular weight is 285 g/mol. The predicted molar refractivity (Wildman–Crippen MR) is 83.5 cm³/mol. The molecule has 21 heavy (non-hydrogen) atoms. The van der Waals surface area contributed by atoms with E-state index in [0.29, 0.717) is 6.04 Å². The molecule has 0 amide bonds. The van der Waals surface area contributed by atoms with Gasteiger partial charge in [0.15, 0.2) is 0 Å². The Bertz CT molecular complexity index is 633. The third kappa shape index (κ3) is 2.81. The second-order valence-corrected chi connectivity index (χ2v) is 5.67. The van der Waals surface area contributed by atoms with E-state index in [4.69, 9.17) is 4.74 Å². The van der Waals surface area contributed by atoms with Crippen molar-refractivity contribution in [3.05, 3.63) is 46.8 Å². The minimum Gasteiger partial charge on any atom is -0.497 e. The maximum Gasteiger partial charge on any atom is 0.119 e. The van der Waals surface area contributed by atoms with Crippen LogP contribution >= 0.6 is 0 Å². The highest BCUT2D eigenvalue weighted by atomic mass is 16.5. The second-order valence-electron chi connectivity index (χ2n) is 5.67. The molecule has 3 rings (SSSR count). The molecule has 1 heterocycles. The lowest BCUT2D eigenvalue weighted by atomic mass is 10.1. The van der Waals surface area contributed by atoms with Gasteiger partial charge in [-0.05, 0) is 42.5 Å². The molecule has 1 atom stereocenters. The molecule has 4 heteroatoms. The number of benzene rings is 1. The van der Waals surface area contributed by atoms with E-state index < -0.39 is 0 Å². The van der Waals surface area contributed by atoms with Crippen LogP contribution in [0, 0.1) is 0 Å². The lowest BCUT2D eigenvalue weighted by Crippen LogP contribution is -2.19. The number of nitrogens with zero attached hydrogens (tertiary/aromatic N) is 2. The molecular formula is C17H23N3O. The highest BCUT2D eigenvalue weighted by molar-refractivity contribution is 5.40. The van der Waals surface area contributed by atoms with Crippen molar-refractivity contribution in [3.63, 3.8) is 0 Å². The predicted octanol–water partition coefficient (Wildman–Crippen LogP) is 2.77. The Morgan fingerprint density at radius 2 is 2.29 bits per heavy atom. The summed E-state index contributed by atoms with van der Waals surface area (Å²) in [6.07, 6.45) is 5.40. The highest BCUT2D eigenvalue weighted by Gasteiger charge is 2.22. The van der Waals surface area contributed by atoms with Gasteiger partial charge >= 0.3 is 0 Å². The summed E-state index contributed by atoms with van der Waals surface area (Å²) >= 11 is 0. The lowest BCUT2D eigenvalue weighted by molar-refractivity contribution is 0.413. The number of ether oxygens (including phenoxy) is 1. The standard InChI is InChI=1S/C17H23N3O/c1-4-16-13(11-20(2)19-16)10-18-17-8-6-12-5-7-14(21-3)9-15(12)17/h5,7,9,11,17-18H,4,6,8,10H2,1-3H3. The van der Waals surface area contributed by atoms with Crippen molar-refractivity contribution in [2.24, 2.45) is 7.05 Å². The highest BCUT2D eigenvalue weighted by Crippen LogP contribution is 2.34. The number of rotatable bonds is 5. The molecule has 1 aliphatic rings. The molecule has 1 aromatic heterocycles. The Kier molecular flexibility index (Phi) is 3.97. The van der Waals surface area contributed by atoms with E-state index in [2.05, 4.69) is 41.7 Å². The van der Waals surface area contributed by atoms with E-state index >= 15 is 0 Å². The second kappa shape index (κ2) is 5.90. The minimum atomic E-state index is 0.417. The van der Waals surface area contributed by atoms with Crippen molar-refractivity contribution in [3.8, 4) is 5.75 Å². The van der Waals surface area contributed by atoms with Crippen molar-refractivity contribution < 1.29 is 4.74 Å². The van der Waals surface area contributed by atoms with Gasteiger partial charge in [0.1, 0.15) is 5.75 Å². The largest absolute Gasteiger partial charge is 0.497 e. The molecule has 112 valence electrons. The van der Waals surface area contributed by atoms with Gasteiger partial charge in [-0.2, -0.15) is 5.10 Å². The maximum atomic E-state index is 5.35. The van der Waals surface area contributed by atoms with E-state index in [1.807, 2.05) is 11.7 Å². The third-order valence-corrected chi connectivity index (χ3v) is 4.30. The van der Waals surface area contributed by atoms with Crippen molar-refractivity contribution in [2.75, 3.05) is 7.11 Å². The maximum absolute atomic E-state index is 5.35. The summed E-state index contributed by atoms with van der Waals surface area (Å²) in [6.45, 7) is 3.03. The van der Waals surface area contributed by atoms with Crippen LogP contribution in [-0.2, 0) is 26.4 Å². The van der Waals surface area contributed by atoms with Gasteiger partial charge in [0, 0.05) is 31.4 Å². The van der Waals surface area contributed by atoms with Gasteiger partial charge in [-0.25, -0.2) is 0 Å². The van der Waals surface area contributed by atoms with E-state index in [1.165, 1.54) is 22.4 Å². The van der Waals surface area contributed by atoms with Gasteiger partial charge in [0.2, 0.25) is 0 Å². The van der Waals surface area contributed by atoms with Gasteiger partial charge in [0.05, 0.1) is 12.8 Å². The molecular weight excluding hydrogens is 262 g/mol. The molecule has 1 aliphatic carbocycles. The van der Waals surface area contributed by atoms with Crippen LogP contribution in [0.25, 0.3) is 0 Å². The molecule has 0 saturated carbocycles. The van der Waals surface area contributed by atoms with Crippen LogP contribution in [0.4, 0.5) is 0 Å². The van der Waals surface area contributed by atoms with Crippen LogP contribution in [0.1, 0.15) is 41.8 Å². The van der Waals surface area contributed by atoms with E-state index in [1.54, 1.807) is 7.11 Å². The Balaban J connectivity index is 1.73. The number of hydrogen-bond acceptors (Lipinski definition) is 3. The third-order valence-electron chi connectivity index (χ3n) is 4.30. The lowest BCUT2D eigenvalue weighted by Gasteiger charge is -2.14. The fourth-order valence-corrected chi connectivity index (χ4v) is 3.18. The number of hydrogen-bond donors (Lipinski definition) is 1. The summed E-state index contributed by atoms with van der Waals surface area (Å²) < 4.78 is 7.25. The zero-order valence-electron chi connectivity index (χ0n) is 13.0. The number of nitrogens with one attached hydrogen (secondary N) is 1. The van der Waals surface area contributed by atoms with Crippen LogP contribution in [-0.4, -0.2) is 16.9 Å². The first-order valence-corrected chi connectivity index (χ1v) is 7.63. The summed E-state index contributed by atoms with van der Waals surface area (Å²) in [4.78, 5) is 0. The SMILES string of the molecule is CCc1nn(C)cc1CNC1CCc2ccc(OC)cc21. The minimum absolute atomic E-state index is 0.417. The molecule has 1 unspecified atom stereocenters. The Morgan fingerprint density at radius 1 is 1.43 bits per heavy atom. The van der Waals surface area contributed by atoms with E-state index in [9.17, 15) is 0 Å². The molecule has 0 spiro atoms. The van der Waals surface area contributed by atoms with Crippen molar-refractivity contribution in [1.29, 1.82) is 0 Å². The topological polar surface area (TPSA) is 39.1 Å². The number of aromatic nitrogens is 2.